The fourth-order valence-corrected chi connectivity index (χ4v) is 3.90. The number of aliphatic carboxylic acids is 1. The molecule has 0 aliphatic carbocycles. The Labute approximate surface area is 219 Å². The van der Waals surface area contributed by atoms with Crippen LogP contribution in [-0.2, 0) is 23.9 Å². The topological polar surface area (TPSA) is 113 Å². The van der Waals surface area contributed by atoms with E-state index in [0.717, 1.165) is 38.6 Å². The van der Waals surface area contributed by atoms with Crippen LogP contribution in [0.3, 0.4) is 0 Å². The van der Waals surface area contributed by atoms with Gasteiger partial charge < -0.3 is 15.2 Å². The Bertz CT molecular complexity index is 659. The summed E-state index contributed by atoms with van der Waals surface area (Å²) in [7, 11) is 1.58. The largest absolute Gasteiger partial charge is 0.481 e. The van der Waals surface area contributed by atoms with E-state index in [1.165, 1.54) is 17.1 Å². The summed E-state index contributed by atoms with van der Waals surface area (Å²) in [5.74, 6) is 0.0916. The lowest BCUT2D eigenvalue weighted by Crippen LogP contribution is -2.40. The van der Waals surface area contributed by atoms with Gasteiger partial charge >= 0.3 is 5.97 Å². The minimum absolute atomic E-state index is 0.0593. The average Bonchev–Trinajstić information content (AvgIpc) is 3.16. The number of hydrogen-bond donors (Lipinski definition) is 2. The number of carbonyl (C=O) groups is 4. The molecule has 0 aromatic rings. The molecule has 1 heterocycles. The zero-order valence-electron chi connectivity index (χ0n) is 24.1. The van der Waals surface area contributed by atoms with Crippen molar-refractivity contribution < 1.29 is 29.0 Å². The van der Waals surface area contributed by atoms with Crippen molar-refractivity contribution in [3.8, 4) is 0 Å². The van der Waals surface area contributed by atoms with Crippen LogP contribution in [0.4, 0.5) is 0 Å². The summed E-state index contributed by atoms with van der Waals surface area (Å²) in [5, 5.41) is 11.9. The maximum Gasteiger partial charge on any atom is 0.305 e. The number of hydrogen-bond acceptors (Lipinski definition) is 6. The molecule has 8 heteroatoms. The third-order valence-electron chi connectivity index (χ3n) is 6.48. The van der Waals surface area contributed by atoms with E-state index in [-0.39, 0.29) is 36.2 Å². The molecule has 210 valence electrons. The van der Waals surface area contributed by atoms with Gasteiger partial charge in [0.05, 0.1) is 18.6 Å². The quantitative estimate of drug-likeness (QED) is 0.224. The highest BCUT2D eigenvalue weighted by atomic mass is 16.5. The number of imide groups is 1. The molecule has 36 heavy (non-hydrogen) atoms. The third kappa shape index (κ3) is 15.1. The Hall–Kier alpha value is -2.06. The van der Waals surface area contributed by atoms with E-state index >= 15 is 0 Å². The Morgan fingerprint density at radius 2 is 1.53 bits per heavy atom. The van der Waals surface area contributed by atoms with Crippen LogP contribution in [0, 0.1) is 17.8 Å². The Morgan fingerprint density at radius 3 is 1.94 bits per heavy atom. The minimum Gasteiger partial charge on any atom is -0.481 e. The van der Waals surface area contributed by atoms with Gasteiger partial charge in [-0.15, -0.1) is 0 Å². The molecule has 0 saturated heterocycles. The fourth-order valence-electron chi connectivity index (χ4n) is 3.90. The number of unbranched alkanes of at least 4 members (excludes halogenated alkanes) is 3. The number of Topliss-reactive ketones (excluding diaryl/α,β-unsaturated/α-hetero) is 1. The second-order valence-corrected chi connectivity index (χ2v) is 9.48. The van der Waals surface area contributed by atoms with E-state index in [1.54, 1.807) is 14.0 Å². The van der Waals surface area contributed by atoms with Gasteiger partial charge in [0, 0.05) is 25.8 Å². The number of rotatable bonds is 16. The van der Waals surface area contributed by atoms with Gasteiger partial charge in [-0.2, -0.15) is 0 Å². The van der Waals surface area contributed by atoms with Crippen LogP contribution in [0.5, 0.6) is 0 Å². The van der Waals surface area contributed by atoms with Crippen molar-refractivity contribution in [1.82, 2.24) is 10.2 Å². The minimum atomic E-state index is -0.790. The number of carbonyl (C=O) groups excluding carboxylic acids is 3. The summed E-state index contributed by atoms with van der Waals surface area (Å²) in [4.78, 5) is 45.9. The van der Waals surface area contributed by atoms with Crippen molar-refractivity contribution in [3.05, 3.63) is 12.2 Å². The Morgan fingerprint density at radius 1 is 1.00 bits per heavy atom. The summed E-state index contributed by atoms with van der Waals surface area (Å²) in [6.07, 6.45) is 7.47. The number of carboxylic acids is 1. The highest BCUT2D eigenvalue weighted by molar-refractivity contribution is 6.12. The zero-order chi connectivity index (χ0) is 28.3. The first-order valence-electron chi connectivity index (χ1n) is 13.5. The first-order valence-corrected chi connectivity index (χ1v) is 13.5. The van der Waals surface area contributed by atoms with Gasteiger partial charge in [0.25, 0.3) is 11.8 Å². The molecule has 0 fully saturated rings. The number of methoxy groups -OCH3 is 1. The molecule has 1 aliphatic heterocycles. The van der Waals surface area contributed by atoms with Crippen LogP contribution in [0.25, 0.3) is 0 Å². The predicted molar refractivity (Wildman–Crippen MR) is 145 cm³/mol. The number of carboxylic acid groups (broad SMARTS) is 1. The summed E-state index contributed by atoms with van der Waals surface area (Å²) in [6.45, 7) is 17.3. The summed E-state index contributed by atoms with van der Waals surface area (Å²) >= 11 is 0. The monoisotopic (exact) mass is 512 g/mol. The van der Waals surface area contributed by atoms with Crippen LogP contribution < -0.4 is 5.32 Å². The van der Waals surface area contributed by atoms with Gasteiger partial charge in [-0.05, 0) is 44.1 Å². The second kappa shape index (κ2) is 21.1. The van der Waals surface area contributed by atoms with E-state index in [2.05, 4.69) is 19.2 Å². The molecule has 2 amide bonds. The number of ether oxygens (including phenoxy) is 1. The molecular formula is C28H52N2O6. The molecule has 0 spiro atoms. The molecule has 4 atom stereocenters. The van der Waals surface area contributed by atoms with Gasteiger partial charge in [0.1, 0.15) is 5.78 Å². The molecule has 0 radical (unpaired) electrons. The Balaban J connectivity index is 0. The third-order valence-corrected chi connectivity index (χ3v) is 6.48. The SMILES string of the molecule is CC.CC(=O)[C@@H](NCCCCCCN1C(=O)C=CC1=O)C(C)C.CCC(C)C(C)C(CC(=O)O)OC. The highest BCUT2D eigenvalue weighted by Crippen LogP contribution is 2.22. The van der Waals surface area contributed by atoms with Crippen LogP contribution in [0.1, 0.15) is 93.9 Å². The molecule has 2 N–H and O–H groups in total. The highest BCUT2D eigenvalue weighted by Gasteiger charge is 2.24. The first-order chi connectivity index (χ1) is 17.0. The molecular weight excluding hydrogens is 460 g/mol. The van der Waals surface area contributed by atoms with E-state index in [9.17, 15) is 19.2 Å². The van der Waals surface area contributed by atoms with E-state index in [0.29, 0.717) is 24.3 Å². The molecule has 8 nitrogen and oxygen atoms in total. The van der Waals surface area contributed by atoms with Crippen molar-refractivity contribution in [3.63, 3.8) is 0 Å². The van der Waals surface area contributed by atoms with E-state index in [1.807, 2.05) is 34.6 Å². The van der Waals surface area contributed by atoms with Crippen LogP contribution >= 0.6 is 0 Å². The van der Waals surface area contributed by atoms with Crippen LogP contribution in [0.15, 0.2) is 12.2 Å². The molecule has 0 bridgehead atoms. The van der Waals surface area contributed by atoms with Crippen molar-refractivity contribution in [2.45, 2.75) is 106 Å². The predicted octanol–water partition coefficient (Wildman–Crippen LogP) is 4.86. The fraction of sp³-hybridized carbons (Fsp3) is 0.786. The maximum atomic E-state index is 11.4. The van der Waals surface area contributed by atoms with Crippen LogP contribution in [-0.4, -0.2) is 65.9 Å². The van der Waals surface area contributed by atoms with Crippen molar-refractivity contribution in [2.24, 2.45) is 17.8 Å². The lowest BCUT2D eigenvalue weighted by atomic mass is 9.87. The van der Waals surface area contributed by atoms with Gasteiger partial charge in [0.15, 0.2) is 0 Å². The lowest BCUT2D eigenvalue weighted by Gasteiger charge is -2.25. The van der Waals surface area contributed by atoms with E-state index < -0.39 is 5.97 Å². The van der Waals surface area contributed by atoms with Crippen molar-refractivity contribution >= 4 is 23.6 Å². The molecule has 1 aliphatic rings. The van der Waals surface area contributed by atoms with Gasteiger partial charge in [-0.3, -0.25) is 24.1 Å². The molecule has 0 aromatic heterocycles. The molecule has 1 rings (SSSR count). The smallest absolute Gasteiger partial charge is 0.305 e. The summed E-state index contributed by atoms with van der Waals surface area (Å²) in [6, 6.07) is -0.0593. The van der Waals surface area contributed by atoms with Crippen LogP contribution in [0.2, 0.25) is 0 Å². The zero-order valence-corrected chi connectivity index (χ0v) is 24.1. The van der Waals surface area contributed by atoms with Crippen molar-refractivity contribution in [1.29, 1.82) is 0 Å². The first kappa shape index (κ1) is 36.1. The summed E-state index contributed by atoms with van der Waals surface area (Å²) < 4.78 is 5.17. The Kier molecular flexibility index (Phi) is 21.1. The van der Waals surface area contributed by atoms with Gasteiger partial charge in [0.2, 0.25) is 0 Å². The molecule has 3 unspecified atom stereocenters. The molecule has 0 saturated carbocycles. The normalized spacial score (nSPS) is 16.0. The van der Waals surface area contributed by atoms with E-state index in [4.69, 9.17) is 9.84 Å². The average molecular weight is 513 g/mol. The number of nitrogens with one attached hydrogen (secondary N) is 1. The number of amides is 2. The maximum absolute atomic E-state index is 11.4. The van der Waals surface area contributed by atoms with Crippen molar-refractivity contribution in [2.75, 3.05) is 20.2 Å². The standard InChI is InChI=1S/C16H26N2O3.C10H20O3.C2H6/c1-12(2)16(13(3)19)17-10-6-4-5-7-11-18-14(20)8-9-15(18)21;1-5-7(2)8(3)9(13-4)6-10(11)12;1-2/h8-9,12,16-17H,4-7,10-11H2,1-3H3;7-9H,5-6H2,1-4H3,(H,11,12);1-2H3/t16-;;/m0../s1. The second-order valence-electron chi connectivity index (χ2n) is 9.48. The van der Waals surface area contributed by atoms with Gasteiger partial charge in [-0.1, -0.05) is 67.7 Å². The van der Waals surface area contributed by atoms with Gasteiger partial charge in [-0.25, -0.2) is 0 Å². The number of ketones is 1. The molecule has 0 aromatic carbocycles. The number of nitrogens with zero attached hydrogens (tertiary/aromatic N) is 1. The summed E-state index contributed by atoms with van der Waals surface area (Å²) in [5.41, 5.74) is 0. The lowest BCUT2D eigenvalue weighted by molar-refractivity contribution is -0.141.